The molecule has 2 heterocycles. The standard InChI is InChI=1S/C10H20S/c1-8(2)5-4-6-11-7-10(11)9(11)3/h8-10H,4-7H2,1-3H3. The Balaban J connectivity index is 1.62. The van der Waals surface area contributed by atoms with Gasteiger partial charge in [0.05, 0.1) is 0 Å². The third-order valence-corrected chi connectivity index (χ3v) is 8.33. The summed E-state index contributed by atoms with van der Waals surface area (Å²) in [6, 6.07) is 0. The molecule has 2 aliphatic heterocycles. The van der Waals surface area contributed by atoms with Crippen LogP contribution in [0.15, 0.2) is 0 Å². The summed E-state index contributed by atoms with van der Waals surface area (Å²) in [6.45, 7) is 7.15. The zero-order valence-electron chi connectivity index (χ0n) is 7.97. The van der Waals surface area contributed by atoms with E-state index in [-0.39, 0.29) is 10.0 Å². The van der Waals surface area contributed by atoms with Gasteiger partial charge in [0.15, 0.2) is 0 Å². The molecule has 0 aliphatic carbocycles. The molecule has 0 radical (unpaired) electrons. The number of fused-ring (bicyclic) bond motifs is 1. The summed E-state index contributed by atoms with van der Waals surface area (Å²) in [5.41, 5.74) is 0. The van der Waals surface area contributed by atoms with Crippen LogP contribution in [0.4, 0.5) is 0 Å². The largest absolute Gasteiger partial charge is 0.232 e. The van der Waals surface area contributed by atoms with Crippen molar-refractivity contribution in [2.45, 2.75) is 44.1 Å². The van der Waals surface area contributed by atoms with Crippen LogP contribution in [0.5, 0.6) is 0 Å². The Kier molecular flexibility index (Phi) is 1.75. The maximum atomic E-state index is 2.47. The second kappa shape index (κ2) is 2.42. The SMILES string of the molecule is CC(C)CCCS12CC1C2C. The van der Waals surface area contributed by atoms with Gasteiger partial charge in [0.1, 0.15) is 0 Å². The van der Waals surface area contributed by atoms with Gasteiger partial charge in [-0.1, -0.05) is 27.2 Å². The average molecular weight is 172 g/mol. The Hall–Kier alpha value is 0.350. The van der Waals surface area contributed by atoms with Crippen molar-refractivity contribution in [1.29, 1.82) is 0 Å². The summed E-state index contributed by atoms with van der Waals surface area (Å²) in [5.74, 6) is 4.21. The fraction of sp³-hybridized carbons (Fsp3) is 1.00. The first-order valence-electron chi connectivity index (χ1n) is 4.93. The van der Waals surface area contributed by atoms with Crippen molar-refractivity contribution in [3.63, 3.8) is 0 Å². The van der Waals surface area contributed by atoms with Crippen molar-refractivity contribution in [3.8, 4) is 0 Å². The van der Waals surface area contributed by atoms with Crippen LogP contribution >= 0.6 is 10.0 Å². The zero-order valence-corrected chi connectivity index (χ0v) is 8.79. The molecule has 0 N–H and O–H groups in total. The van der Waals surface area contributed by atoms with E-state index in [1.54, 1.807) is 11.5 Å². The summed E-state index contributed by atoms with van der Waals surface area (Å²) in [5, 5.41) is 2.45. The highest BCUT2D eigenvalue weighted by Gasteiger charge is 2.70. The summed E-state index contributed by atoms with van der Waals surface area (Å²) in [4.78, 5) is 0. The number of hydrogen-bond donors (Lipinski definition) is 0. The monoisotopic (exact) mass is 172 g/mol. The summed E-state index contributed by atoms with van der Waals surface area (Å²) >= 11 is 0. The van der Waals surface area contributed by atoms with E-state index in [2.05, 4.69) is 20.8 Å². The molecule has 0 spiro atoms. The van der Waals surface area contributed by atoms with Crippen LogP contribution in [-0.2, 0) is 0 Å². The minimum absolute atomic E-state index is 0.118. The molecule has 11 heavy (non-hydrogen) atoms. The van der Waals surface area contributed by atoms with Crippen LogP contribution in [0.25, 0.3) is 0 Å². The highest BCUT2D eigenvalue weighted by Crippen LogP contribution is 2.90. The second-order valence-corrected chi connectivity index (χ2v) is 8.76. The first kappa shape index (κ1) is 7.97. The van der Waals surface area contributed by atoms with Gasteiger partial charge in [-0.3, -0.25) is 0 Å². The van der Waals surface area contributed by atoms with Crippen LogP contribution < -0.4 is 0 Å². The fourth-order valence-corrected chi connectivity index (χ4v) is 6.93. The van der Waals surface area contributed by atoms with Crippen molar-refractivity contribution in [3.05, 3.63) is 0 Å². The Morgan fingerprint density at radius 1 is 1.45 bits per heavy atom. The van der Waals surface area contributed by atoms with Gasteiger partial charge in [-0.05, 0) is 29.1 Å². The average Bonchev–Trinajstić information content (AvgIpc) is 2.75. The quantitative estimate of drug-likeness (QED) is 0.572. The van der Waals surface area contributed by atoms with E-state index in [1.807, 2.05) is 0 Å². The maximum absolute atomic E-state index is 2.47. The number of hydrogen-bond acceptors (Lipinski definition) is 0. The molecule has 1 heteroatoms. The molecule has 0 bridgehead atoms. The molecule has 3 atom stereocenters. The predicted octanol–water partition coefficient (Wildman–Crippen LogP) is 3.01. The Labute approximate surface area is 72.1 Å². The molecule has 2 saturated heterocycles. The lowest BCUT2D eigenvalue weighted by Crippen LogP contribution is -1.97. The topological polar surface area (TPSA) is 0 Å². The van der Waals surface area contributed by atoms with Crippen molar-refractivity contribution < 1.29 is 0 Å². The van der Waals surface area contributed by atoms with E-state index in [4.69, 9.17) is 0 Å². The Morgan fingerprint density at radius 3 is 2.45 bits per heavy atom. The molecular weight excluding hydrogens is 152 g/mol. The molecule has 66 valence electrons. The van der Waals surface area contributed by atoms with Crippen LogP contribution in [0.1, 0.15) is 33.6 Å². The van der Waals surface area contributed by atoms with Gasteiger partial charge in [0.2, 0.25) is 0 Å². The van der Waals surface area contributed by atoms with Crippen LogP contribution in [0.2, 0.25) is 0 Å². The molecule has 0 aromatic heterocycles. The molecule has 0 saturated carbocycles. The van der Waals surface area contributed by atoms with Crippen LogP contribution in [-0.4, -0.2) is 22.0 Å². The minimum Gasteiger partial charge on any atom is -0.232 e. The predicted molar refractivity (Wildman–Crippen MR) is 54.6 cm³/mol. The molecule has 2 rings (SSSR count). The van der Waals surface area contributed by atoms with Gasteiger partial charge in [-0.2, -0.15) is 0 Å². The van der Waals surface area contributed by atoms with Gasteiger partial charge < -0.3 is 0 Å². The summed E-state index contributed by atoms with van der Waals surface area (Å²) in [7, 11) is 0.118. The second-order valence-electron chi connectivity index (χ2n) is 4.66. The zero-order chi connectivity index (χ0) is 8.06. The van der Waals surface area contributed by atoms with E-state index < -0.39 is 0 Å². The van der Waals surface area contributed by atoms with E-state index in [1.165, 1.54) is 23.3 Å². The van der Waals surface area contributed by atoms with Crippen LogP contribution in [0.3, 0.4) is 0 Å². The summed E-state index contributed by atoms with van der Waals surface area (Å²) in [6.07, 6.45) is 2.99. The lowest BCUT2D eigenvalue weighted by atomic mass is 10.1. The summed E-state index contributed by atoms with van der Waals surface area (Å²) < 4.78 is 0. The van der Waals surface area contributed by atoms with E-state index in [0.29, 0.717) is 0 Å². The normalized spacial score (nSPS) is 51.6. The van der Waals surface area contributed by atoms with Crippen molar-refractivity contribution in [1.82, 2.24) is 0 Å². The third-order valence-electron chi connectivity index (χ3n) is 3.46. The van der Waals surface area contributed by atoms with Gasteiger partial charge >= 0.3 is 0 Å². The Bertz CT molecular complexity index is 158. The smallest absolute Gasteiger partial charge is 0.00700 e. The number of rotatable bonds is 4. The molecule has 0 aromatic rings. The molecule has 3 unspecified atom stereocenters. The Morgan fingerprint density at radius 2 is 2.09 bits per heavy atom. The lowest BCUT2D eigenvalue weighted by molar-refractivity contribution is 0.579. The third kappa shape index (κ3) is 1.22. The van der Waals surface area contributed by atoms with E-state index in [9.17, 15) is 0 Å². The fourth-order valence-electron chi connectivity index (χ4n) is 2.25. The van der Waals surface area contributed by atoms with Gasteiger partial charge in [-0.15, -0.1) is 0 Å². The molecule has 2 aliphatic rings. The molecule has 0 nitrogen and oxygen atoms in total. The molecular formula is C10H20S. The van der Waals surface area contributed by atoms with Crippen LogP contribution in [0, 0.1) is 5.92 Å². The molecule has 2 fully saturated rings. The highest BCUT2D eigenvalue weighted by atomic mass is 32.3. The maximum Gasteiger partial charge on any atom is 0.00700 e. The first-order valence-corrected chi connectivity index (χ1v) is 7.03. The minimum atomic E-state index is 0.118. The highest BCUT2D eigenvalue weighted by molar-refractivity contribution is 8.47. The van der Waals surface area contributed by atoms with E-state index >= 15 is 0 Å². The lowest BCUT2D eigenvalue weighted by Gasteiger charge is -2.12. The molecule has 0 amide bonds. The van der Waals surface area contributed by atoms with Crippen molar-refractivity contribution in [2.24, 2.45) is 5.92 Å². The first-order chi connectivity index (χ1) is 5.17. The van der Waals surface area contributed by atoms with Crippen molar-refractivity contribution >= 4 is 10.0 Å². The van der Waals surface area contributed by atoms with E-state index in [0.717, 1.165) is 5.92 Å². The molecule has 0 aromatic carbocycles. The van der Waals surface area contributed by atoms with Gasteiger partial charge in [0.25, 0.3) is 0 Å². The van der Waals surface area contributed by atoms with Crippen molar-refractivity contribution in [2.75, 3.05) is 11.5 Å². The van der Waals surface area contributed by atoms with Gasteiger partial charge in [0, 0.05) is 5.25 Å². The van der Waals surface area contributed by atoms with Gasteiger partial charge in [-0.25, -0.2) is 10.0 Å².